The van der Waals surface area contributed by atoms with Crippen LogP contribution in [0.25, 0.3) is 0 Å². The number of ether oxygens (including phenoxy) is 2. The molecule has 0 saturated carbocycles. The molecule has 0 N–H and O–H groups in total. The lowest BCUT2D eigenvalue weighted by Crippen LogP contribution is -2.17. The van der Waals surface area contributed by atoms with E-state index in [1.165, 1.54) is 0 Å². The molecule has 0 aliphatic heterocycles. The van der Waals surface area contributed by atoms with E-state index in [1.54, 1.807) is 24.3 Å². The third kappa shape index (κ3) is 3.91. The van der Waals surface area contributed by atoms with Gasteiger partial charge in [-0.15, -0.1) is 0 Å². The summed E-state index contributed by atoms with van der Waals surface area (Å²) in [5, 5.41) is 1.35. The molecule has 5 heteroatoms. The lowest BCUT2D eigenvalue weighted by molar-refractivity contribution is -0.0788. The fourth-order valence-corrected chi connectivity index (χ4v) is 2.78. The first-order chi connectivity index (χ1) is 7.69. The Labute approximate surface area is 101 Å². The van der Waals surface area contributed by atoms with Gasteiger partial charge in [0.05, 0.1) is 0 Å². The van der Waals surface area contributed by atoms with Crippen LogP contribution in [0.1, 0.15) is 13.8 Å². The van der Waals surface area contributed by atoms with Gasteiger partial charge in [0.25, 0.3) is 0 Å². The Kier molecular flexibility index (Phi) is 6.07. The summed E-state index contributed by atoms with van der Waals surface area (Å²) in [7, 11) is -2.10. The monoisotopic (exact) mass is 262 g/mol. The molecule has 1 atom stereocenters. The molecule has 0 aromatic heterocycles. The molecular weight excluding hydrogens is 247 g/mol. The highest BCUT2D eigenvalue weighted by Gasteiger charge is 2.18. The van der Waals surface area contributed by atoms with Crippen LogP contribution in [-0.2, 0) is 14.0 Å². The van der Waals surface area contributed by atoms with E-state index >= 15 is 0 Å². The second-order valence-electron chi connectivity index (χ2n) is 3.11. The third-order valence-corrected chi connectivity index (χ3v) is 3.89. The van der Waals surface area contributed by atoms with Crippen LogP contribution in [0.5, 0.6) is 0 Å². The molecule has 0 fully saturated rings. The van der Waals surface area contributed by atoms with Crippen LogP contribution in [0.4, 0.5) is 0 Å². The van der Waals surface area contributed by atoms with Crippen molar-refractivity contribution in [1.82, 2.24) is 0 Å². The van der Waals surface area contributed by atoms with Crippen LogP contribution in [0.3, 0.4) is 0 Å². The Morgan fingerprint density at radius 3 is 2.12 bits per heavy atom. The first-order valence-corrected chi connectivity index (χ1v) is 7.08. The van der Waals surface area contributed by atoms with Crippen LogP contribution in [-0.4, -0.2) is 19.2 Å². The smallest absolute Gasteiger partial charge is 0.212 e. The van der Waals surface area contributed by atoms with E-state index < -0.39 is 13.8 Å². The second-order valence-corrected chi connectivity index (χ2v) is 5.33. The average Bonchev–Trinajstić information content (AvgIpc) is 2.29. The zero-order valence-electron chi connectivity index (χ0n) is 9.40. The summed E-state index contributed by atoms with van der Waals surface area (Å²) in [5.74, 6) is 0. The van der Waals surface area contributed by atoms with Crippen LogP contribution in [0.15, 0.2) is 24.3 Å². The SMILES string of the molecule is CCOC(OCC)[PH](=O)c1ccc(Cl)cc1. The normalized spacial score (nSPS) is 13.0. The van der Waals surface area contributed by atoms with Crippen molar-refractivity contribution < 1.29 is 14.0 Å². The Hall–Kier alpha value is -0.340. The van der Waals surface area contributed by atoms with Gasteiger partial charge in [-0.25, -0.2) is 0 Å². The number of hydrogen-bond donors (Lipinski definition) is 0. The van der Waals surface area contributed by atoms with Crippen molar-refractivity contribution in [2.45, 2.75) is 19.9 Å². The molecule has 0 aliphatic rings. The number of benzene rings is 1. The van der Waals surface area contributed by atoms with E-state index in [0.717, 1.165) is 5.30 Å². The van der Waals surface area contributed by atoms with Gasteiger partial charge in [0.2, 0.25) is 6.03 Å². The number of halogens is 1. The predicted molar refractivity (Wildman–Crippen MR) is 67.1 cm³/mol. The maximum absolute atomic E-state index is 12.1. The molecule has 16 heavy (non-hydrogen) atoms. The van der Waals surface area contributed by atoms with E-state index in [0.29, 0.717) is 18.2 Å². The lowest BCUT2D eigenvalue weighted by atomic mass is 10.4. The third-order valence-electron chi connectivity index (χ3n) is 1.98. The van der Waals surface area contributed by atoms with E-state index in [4.69, 9.17) is 21.1 Å². The maximum Gasteiger partial charge on any atom is 0.212 e. The van der Waals surface area contributed by atoms with E-state index in [2.05, 4.69) is 0 Å². The molecular formula is C11H16ClO3P. The largest absolute Gasteiger partial charge is 0.346 e. The van der Waals surface area contributed by atoms with E-state index in [9.17, 15) is 4.57 Å². The standard InChI is InChI=1S/C11H16ClO3P/c1-3-14-11(15-4-2)16(13)10-7-5-9(12)6-8-10/h5-8,11,16H,3-4H2,1-2H3. The molecule has 3 nitrogen and oxygen atoms in total. The molecule has 0 radical (unpaired) electrons. The van der Waals surface area contributed by atoms with Gasteiger partial charge < -0.3 is 14.0 Å². The highest BCUT2D eigenvalue weighted by Crippen LogP contribution is 2.29. The van der Waals surface area contributed by atoms with Gasteiger partial charge in [0, 0.05) is 23.5 Å². The topological polar surface area (TPSA) is 35.5 Å². The first-order valence-electron chi connectivity index (χ1n) is 5.22. The van der Waals surface area contributed by atoms with Gasteiger partial charge >= 0.3 is 0 Å². The fourth-order valence-electron chi connectivity index (χ4n) is 1.25. The Balaban J connectivity index is 2.77. The van der Waals surface area contributed by atoms with Crippen LogP contribution in [0, 0.1) is 0 Å². The molecule has 1 rings (SSSR count). The van der Waals surface area contributed by atoms with Gasteiger partial charge in [-0.2, -0.15) is 0 Å². The van der Waals surface area contributed by atoms with Crippen molar-refractivity contribution in [3.8, 4) is 0 Å². The minimum atomic E-state index is -2.10. The minimum absolute atomic E-state index is 0.481. The van der Waals surface area contributed by atoms with Gasteiger partial charge in [-0.1, -0.05) is 23.7 Å². The predicted octanol–water partition coefficient (Wildman–Crippen LogP) is 2.88. The van der Waals surface area contributed by atoms with Gasteiger partial charge in [-0.05, 0) is 26.0 Å². The van der Waals surface area contributed by atoms with Crippen molar-refractivity contribution in [3.63, 3.8) is 0 Å². The molecule has 0 saturated heterocycles. The second kappa shape index (κ2) is 7.08. The average molecular weight is 263 g/mol. The van der Waals surface area contributed by atoms with Crippen molar-refractivity contribution in [3.05, 3.63) is 29.3 Å². The fraction of sp³-hybridized carbons (Fsp3) is 0.455. The quantitative estimate of drug-likeness (QED) is 0.584. The van der Waals surface area contributed by atoms with Gasteiger partial charge in [0.15, 0.2) is 7.80 Å². The summed E-state index contributed by atoms with van der Waals surface area (Å²) in [6.45, 7) is 4.66. The van der Waals surface area contributed by atoms with Crippen molar-refractivity contribution in [1.29, 1.82) is 0 Å². The summed E-state index contributed by atoms with van der Waals surface area (Å²) in [6.07, 6.45) is 0. The maximum atomic E-state index is 12.1. The molecule has 0 aliphatic carbocycles. The van der Waals surface area contributed by atoms with Gasteiger partial charge in [0.1, 0.15) is 0 Å². The molecule has 1 aromatic carbocycles. The molecule has 90 valence electrons. The Bertz CT molecular complexity index is 334. The Morgan fingerprint density at radius 2 is 1.69 bits per heavy atom. The first kappa shape index (κ1) is 13.7. The van der Waals surface area contributed by atoms with Crippen molar-refractivity contribution in [2.24, 2.45) is 0 Å². The van der Waals surface area contributed by atoms with Crippen LogP contribution < -0.4 is 5.30 Å². The molecule has 1 aromatic rings. The van der Waals surface area contributed by atoms with Crippen molar-refractivity contribution >= 4 is 24.7 Å². The number of rotatable bonds is 6. The van der Waals surface area contributed by atoms with Crippen molar-refractivity contribution in [2.75, 3.05) is 13.2 Å². The zero-order chi connectivity index (χ0) is 12.0. The lowest BCUT2D eigenvalue weighted by Gasteiger charge is -2.16. The van der Waals surface area contributed by atoms with Crippen LogP contribution in [0.2, 0.25) is 5.02 Å². The van der Waals surface area contributed by atoms with E-state index in [1.807, 2.05) is 13.8 Å². The summed E-state index contributed by atoms with van der Waals surface area (Å²) in [5.41, 5.74) is 0. The summed E-state index contributed by atoms with van der Waals surface area (Å²) < 4.78 is 22.7. The Morgan fingerprint density at radius 1 is 1.19 bits per heavy atom. The summed E-state index contributed by atoms with van der Waals surface area (Å²) >= 11 is 5.77. The molecule has 1 unspecified atom stereocenters. The highest BCUT2D eigenvalue weighted by molar-refractivity contribution is 7.53. The van der Waals surface area contributed by atoms with E-state index in [-0.39, 0.29) is 0 Å². The molecule has 0 heterocycles. The molecule has 0 spiro atoms. The summed E-state index contributed by atoms with van der Waals surface area (Å²) in [4.78, 5) is 0. The highest BCUT2D eigenvalue weighted by atomic mass is 35.5. The van der Waals surface area contributed by atoms with Gasteiger partial charge in [-0.3, -0.25) is 0 Å². The number of hydrogen-bond acceptors (Lipinski definition) is 3. The zero-order valence-corrected chi connectivity index (χ0v) is 11.2. The molecule has 0 amide bonds. The summed E-state index contributed by atoms with van der Waals surface area (Å²) in [6, 6.07) is 6.28. The minimum Gasteiger partial charge on any atom is -0.346 e. The molecule has 0 bridgehead atoms. The van der Waals surface area contributed by atoms with Crippen LogP contribution >= 0.6 is 19.4 Å².